The number of ether oxygens (including phenoxy) is 1. The Morgan fingerprint density at radius 1 is 1.12 bits per heavy atom. The lowest BCUT2D eigenvalue weighted by Crippen LogP contribution is -2.48. The highest BCUT2D eigenvalue weighted by Gasteiger charge is 2.39. The predicted molar refractivity (Wildman–Crippen MR) is 97.9 cm³/mol. The molecule has 1 amide bonds. The van der Waals surface area contributed by atoms with E-state index in [9.17, 15) is 18.0 Å². The highest BCUT2D eigenvalue weighted by molar-refractivity contribution is 7.91. The van der Waals surface area contributed by atoms with Gasteiger partial charge in [0.2, 0.25) is 0 Å². The number of benzene rings is 1. The maximum atomic E-state index is 12.8. The minimum absolute atomic E-state index is 0.00625. The van der Waals surface area contributed by atoms with Crippen molar-refractivity contribution in [2.45, 2.75) is 44.2 Å². The van der Waals surface area contributed by atoms with Crippen molar-refractivity contribution in [3.8, 4) is 0 Å². The van der Waals surface area contributed by atoms with E-state index in [0.29, 0.717) is 6.42 Å². The molecule has 2 fully saturated rings. The van der Waals surface area contributed by atoms with E-state index >= 15 is 0 Å². The van der Waals surface area contributed by atoms with Crippen molar-refractivity contribution in [3.63, 3.8) is 0 Å². The van der Waals surface area contributed by atoms with Crippen LogP contribution in [-0.2, 0) is 19.4 Å². The number of amides is 1. The van der Waals surface area contributed by atoms with Gasteiger partial charge in [0.1, 0.15) is 0 Å². The van der Waals surface area contributed by atoms with Gasteiger partial charge in [-0.2, -0.15) is 0 Å². The molecule has 0 spiro atoms. The SMILES string of the molecule is O=C(OCC(=O)N(C1CCCC1)[C@H]1CCS(=O)(=O)C1)c1ccccc1Cl. The first-order chi connectivity index (χ1) is 12.4. The van der Waals surface area contributed by atoms with Gasteiger partial charge < -0.3 is 9.64 Å². The molecule has 2 aliphatic rings. The maximum absolute atomic E-state index is 12.8. The predicted octanol–water partition coefficient (Wildman–Crippen LogP) is 2.46. The molecular weight excluding hydrogens is 378 g/mol. The fraction of sp³-hybridized carbons (Fsp3) is 0.556. The first-order valence-electron chi connectivity index (χ1n) is 8.80. The largest absolute Gasteiger partial charge is 0.452 e. The number of nitrogens with zero attached hydrogens (tertiary/aromatic N) is 1. The number of hydrogen-bond acceptors (Lipinski definition) is 5. The maximum Gasteiger partial charge on any atom is 0.340 e. The number of hydrogen-bond donors (Lipinski definition) is 0. The zero-order valence-corrected chi connectivity index (χ0v) is 16.0. The molecule has 26 heavy (non-hydrogen) atoms. The minimum Gasteiger partial charge on any atom is -0.452 e. The standard InChI is InChI=1S/C18H22ClNO5S/c19-16-8-4-3-7-15(16)18(22)25-11-17(21)20(13-5-1-2-6-13)14-9-10-26(23,24)12-14/h3-4,7-8,13-14H,1-2,5-6,9-12H2/t14-/m0/s1. The monoisotopic (exact) mass is 399 g/mol. The first-order valence-corrected chi connectivity index (χ1v) is 11.0. The van der Waals surface area contributed by atoms with Gasteiger partial charge in [0, 0.05) is 12.1 Å². The van der Waals surface area contributed by atoms with Gasteiger partial charge in [-0.3, -0.25) is 4.79 Å². The Balaban J connectivity index is 1.68. The van der Waals surface area contributed by atoms with Crippen LogP contribution in [0.3, 0.4) is 0 Å². The van der Waals surface area contributed by atoms with Gasteiger partial charge in [0.15, 0.2) is 16.4 Å². The molecule has 1 saturated heterocycles. The lowest BCUT2D eigenvalue weighted by atomic mass is 10.1. The van der Waals surface area contributed by atoms with E-state index in [0.717, 1.165) is 25.7 Å². The molecule has 1 aliphatic heterocycles. The summed E-state index contributed by atoms with van der Waals surface area (Å²) in [5.74, 6) is -0.893. The molecule has 1 aromatic rings. The summed E-state index contributed by atoms with van der Waals surface area (Å²) in [7, 11) is -3.10. The van der Waals surface area contributed by atoms with Gasteiger partial charge >= 0.3 is 5.97 Å². The fourth-order valence-electron chi connectivity index (χ4n) is 3.79. The van der Waals surface area contributed by atoms with E-state index in [1.807, 2.05) is 0 Å². The smallest absolute Gasteiger partial charge is 0.340 e. The van der Waals surface area contributed by atoms with Crippen molar-refractivity contribution < 1.29 is 22.7 Å². The highest BCUT2D eigenvalue weighted by Crippen LogP contribution is 2.29. The Morgan fingerprint density at radius 2 is 1.81 bits per heavy atom. The van der Waals surface area contributed by atoms with Crippen LogP contribution in [0.15, 0.2) is 24.3 Å². The molecule has 6 nitrogen and oxygen atoms in total. The van der Waals surface area contributed by atoms with Crippen molar-refractivity contribution >= 4 is 33.3 Å². The summed E-state index contributed by atoms with van der Waals surface area (Å²) in [5.41, 5.74) is 0.206. The molecule has 1 aromatic carbocycles. The van der Waals surface area contributed by atoms with Crippen LogP contribution in [0.25, 0.3) is 0 Å². The molecule has 1 aliphatic carbocycles. The van der Waals surface area contributed by atoms with Gasteiger partial charge in [-0.05, 0) is 31.4 Å². The summed E-state index contributed by atoms with van der Waals surface area (Å²) < 4.78 is 28.8. The lowest BCUT2D eigenvalue weighted by Gasteiger charge is -2.33. The van der Waals surface area contributed by atoms with Gasteiger partial charge in [-0.25, -0.2) is 13.2 Å². The zero-order chi connectivity index (χ0) is 18.7. The topological polar surface area (TPSA) is 80.8 Å². The molecule has 3 rings (SSSR count). The highest BCUT2D eigenvalue weighted by atomic mass is 35.5. The van der Waals surface area contributed by atoms with Crippen LogP contribution in [0.5, 0.6) is 0 Å². The van der Waals surface area contributed by atoms with E-state index in [1.165, 1.54) is 6.07 Å². The number of esters is 1. The van der Waals surface area contributed by atoms with E-state index in [1.54, 1.807) is 23.1 Å². The van der Waals surface area contributed by atoms with Crippen LogP contribution in [0.1, 0.15) is 42.5 Å². The first kappa shape index (κ1) is 19.2. The number of carbonyl (C=O) groups is 2. The van der Waals surface area contributed by atoms with Crippen molar-refractivity contribution in [2.75, 3.05) is 18.1 Å². The summed E-state index contributed by atoms with van der Waals surface area (Å²) in [6, 6.07) is 6.18. The quantitative estimate of drug-likeness (QED) is 0.710. The molecule has 1 heterocycles. The number of carbonyl (C=O) groups excluding carboxylic acids is 2. The van der Waals surface area contributed by atoms with Crippen molar-refractivity contribution in [2.24, 2.45) is 0 Å². The van der Waals surface area contributed by atoms with E-state index in [4.69, 9.17) is 16.3 Å². The second-order valence-electron chi connectivity index (χ2n) is 6.85. The summed E-state index contributed by atoms with van der Waals surface area (Å²) in [4.78, 5) is 26.6. The van der Waals surface area contributed by atoms with Crippen LogP contribution in [-0.4, -0.2) is 55.4 Å². The second kappa shape index (κ2) is 7.96. The molecule has 8 heteroatoms. The molecule has 142 valence electrons. The fourth-order valence-corrected chi connectivity index (χ4v) is 5.71. The van der Waals surface area contributed by atoms with Crippen molar-refractivity contribution in [3.05, 3.63) is 34.9 Å². The molecule has 0 N–H and O–H groups in total. The molecule has 0 aromatic heterocycles. The molecule has 0 unspecified atom stereocenters. The third kappa shape index (κ3) is 4.38. The van der Waals surface area contributed by atoms with E-state index in [2.05, 4.69) is 0 Å². The van der Waals surface area contributed by atoms with Gasteiger partial charge in [0.05, 0.1) is 22.1 Å². The number of sulfone groups is 1. The Kier molecular flexibility index (Phi) is 5.87. The van der Waals surface area contributed by atoms with Crippen LogP contribution in [0, 0.1) is 0 Å². The van der Waals surface area contributed by atoms with Crippen molar-refractivity contribution in [1.82, 2.24) is 4.90 Å². The molecule has 1 atom stereocenters. The summed E-state index contributed by atoms with van der Waals surface area (Å²) >= 11 is 5.97. The Labute approximate surface area is 158 Å². The number of rotatable bonds is 5. The van der Waals surface area contributed by atoms with Gasteiger partial charge in [-0.1, -0.05) is 36.6 Å². The lowest BCUT2D eigenvalue weighted by molar-refractivity contribution is -0.139. The second-order valence-corrected chi connectivity index (χ2v) is 9.49. The molecule has 0 radical (unpaired) electrons. The average molecular weight is 400 g/mol. The summed E-state index contributed by atoms with van der Waals surface area (Å²) in [6.07, 6.45) is 4.21. The van der Waals surface area contributed by atoms with Crippen LogP contribution in [0.4, 0.5) is 0 Å². The molecular formula is C18H22ClNO5S. The Bertz CT molecular complexity index is 789. The van der Waals surface area contributed by atoms with Crippen LogP contribution < -0.4 is 0 Å². The van der Waals surface area contributed by atoms with Crippen molar-refractivity contribution in [1.29, 1.82) is 0 Å². The Morgan fingerprint density at radius 3 is 2.42 bits per heavy atom. The summed E-state index contributed by atoms with van der Waals surface area (Å²) in [6.45, 7) is -0.406. The third-order valence-corrected chi connectivity index (χ3v) is 7.11. The third-order valence-electron chi connectivity index (χ3n) is 5.03. The normalized spacial score (nSPS) is 22.3. The molecule has 0 bridgehead atoms. The Hall–Kier alpha value is -1.60. The van der Waals surface area contributed by atoms with E-state index < -0.39 is 22.4 Å². The minimum atomic E-state index is -3.10. The van der Waals surface area contributed by atoms with Gasteiger partial charge in [-0.15, -0.1) is 0 Å². The van der Waals surface area contributed by atoms with Crippen LogP contribution >= 0.6 is 11.6 Å². The summed E-state index contributed by atoms with van der Waals surface area (Å²) in [5, 5.41) is 0.263. The number of halogens is 1. The zero-order valence-electron chi connectivity index (χ0n) is 14.4. The van der Waals surface area contributed by atoms with E-state index in [-0.39, 0.29) is 40.1 Å². The molecule has 1 saturated carbocycles. The average Bonchev–Trinajstić information content (AvgIpc) is 3.23. The van der Waals surface area contributed by atoms with Gasteiger partial charge in [0.25, 0.3) is 5.91 Å². The van der Waals surface area contributed by atoms with Crippen LogP contribution in [0.2, 0.25) is 5.02 Å².